The number of halogens is 4. The van der Waals surface area contributed by atoms with Crippen LogP contribution < -0.4 is 11.1 Å². The summed E-state index contributed by atoms with van der Waals surface area (Å²) in [4.78, 5) is 22.0. The van der Waals surface area contributed by atoms with Crippen LogP contribution in [0.25, 0.3) is 0 Å². The highest BCUT2D eigenvalue weighted by molar-refractivity contribution is 6.01. The molecule has 2 heterocycles. The third-order valence-corrected chi connectivity index (χ3v) is 5.58. The van der Waals surface area contributed by atoms with Crippen LogP contribution >= 0.6 is 0 Å². The Morgan fingerprint density at radius 2 is 1.77 bits per heavy atom. The topological polar surface area (TPSA) is 83.6 Å². The number of carbonyl (C=O) groups is 1. The molecule has 1 aliphatic rings. The Morgan fingerprint density at radius 1 is 1.10 bits per heavy atom. The van der Waals surface area contributed by atoms with Crippen LogP contribution in [0.2, 0.25) is 0 Å². The first kappa shape index (κ1) is 21.5. The number of benzene rings is 1. The van der Waals surface area contributed by atoms with Gasteiger partial charge in [-0.05, 0) is 45.0 Å². The van der Waals surface area contributed by atoms with Gasteiger partial charge in [-0.15, -0.1) is 0 Å². The number of anilines is 2. The molecule has 10 heteroatoms. The minimum absolute atomic E-state index is 0.0540. The van der Waals surface area contributed by atoms with Crippen LogP contribution in [-0.4, -0.2) is 28.8 Å². The molecule has 0 aliphatic carbocycles. The van der Waals surface area contributed by atoms with E-state index in [4.69, 9.17) is 5.73 Å². The van der Waals surface area contributed by atoms with Crippen molar-refractivity contribution in [3.05, 3.63) is 53.6 Å². The normalized spacial score (nSPS) is 21.4. The molecular weight excluding hydrogens is 402 g/mol. The van der Waals surface area contributed by atoms with E-state index in [0.717, 1.165) is 12.1 Å². The molecule has 6 nitrogen and oxygen atoms in total. The molecule has 0 bridgehead atoms. The highest BCUT2D eigenvalue weighted by atomic mass is 19.4. The van der Waals surface area contributed by atoms with Gasteiger partial charge in [0.05, 0.1) is 22.9 Å². The van der Waals surface area contributed by atoms with Gasteiger partial charge in [-0.1, -0.05) is 0 Å². The highest BCUT2D eigenvalue weighted by Gasteiger charge is 2.53. The summed E-state index contributed by atoms with van der Waals surface area (Å²) in [6, 6.07) is 4.84. The third kappa shape index (κ3) is 3.46. The third-order valence-electron chi connectivity index (χ3n) is 5.58. The second kappa shape index (κ2) is 6.96. The summed E-state index contributed by atoms with van der Waals surface area (Å²) in [5.74, 6) is -1.01. The van der Waals surface area contributed by atoms with E-state index in [1.165, 1.54) is 30.3 Å². The summed E-state index contributed by atoms with van der Waals surface area (Å²) in [7, 11) is 1.48. The molecule has 3 rings (SSSR count). The van der Waals surface area contributed by atoms with E-state index in [-0.39, 0.29) is 23.1 Å². The zero-order chi connectivity index (χ0) is 22.5. The van der Waals surface area contributed by atoms with Crippen LogP contribution in [0.15, 0.2) is 41.7 Å². The molecule has 160 valence electrons. The number of hydrogen-bond acceptors (Lipinski definition) is 5. The Morgan fingerprint density at radius 3 is 2.40 bits per heavy atom. The second-order valence-corrected chi connectivity index (χ2v) is 7.81. The Hall–Kier alpha value is -3.17. The van der Waals surface area contributed by atoms with Gasteiger partial charge in [-0.25, -0.2) is 9.38 Å². The number of guanidine groups is 1. The van der Waals surface area contributed by atoms with Crippen molar-refractivity contribution >= 4 is 23.2 Å². The molecule has 1 aromatic heterocycles. The van der Waals surface area contributed by atoms with Gasteiger partial charge in [0.2, 0.25) is 5.91 Å². The van der Waals surface area contributed by atoms with Crippen LogP contribution in [0.4, 0.5) is 28.9 Å². The number of pyridine rings is 1. The van der Waals surface area contributed by atoms with E-state index < -0.39 is 28.5 Å². The van der Waals surface area contributed by atoms with E-state index in [0.29, 0.717) is 11.9 Å². The van der Waals surface area contributed by atoms with Crippen molar-refractivity contribution in [3.63, 3.8) is 0 Å². The Labute approximate surface area is 170 Å². The molecule has 0 spiro atoms. The summed E-state index contributed by atoms with van der Waals surface area (Å²) < 4.78 is 53.6. The second-order valence-electron chi connectivity index (χ2n) is 7.81. The fourth-order valence-corrected chi connectivity index (χ4v) is 3.38. The summed E-state index contributed by atoms with van der Waals surface area (Å²) in [6.45, 7) is 4.87. The van der Waals surface area contributed by atoms with Crippen LogP contribution in [0.5, 0.6) is 0 Å². The van der Waals surface area contributed by atoms with Gasteiger partial charge < -0.3 is 11.1 Å². The summed E-state index contributed by atoms with van der Waals surface area (Å²) in [5, 5.41) is 2.79. The number of nitrogens with two attached hydrogens (primary N) is 1. The maximum atomic E-state index is 14.8. The number of aliphatic imine (C=N–C) groups is 1. The summed E-state index contributed by atoms with van der Waals surface area (Å²) in [6.07, 6.45) is -2.61. The average molecular weight is 423 g/mol. The lowest BCUT2D eigenvalue weighted by Crippen LogP contribution is -2.58. The maximum absolute atomic E-state index is 14.8. The number of nitrogens with one attached hydrogen (secondary N) is 1. The van der Waals surface area contributed by atoms with Gasteiger partial charge in [-0.2, -0.15) is 13.2 Å². The van der Waals surface area contributed by atoms with Crippen molar-refractivity contribution in [1.29, 1.82) is 0 Å². The van der Waals surface area contributed by atoms with Crippen molar-refractivity contribution in [2.24, 2.45) is 16.1 Å². The van der Waals surface area contributed by atoms with Crippen molar-refractivity contribution in [3.8, 4) is 0 Å². The fourth-order valence-electron chi connectivity index (χ4n) is 3.38. The summed E-state index contributed by atoms with van der Waals surface area (Å²) in [5.41, 5.74) is 2.96. The monoisotopic (exact) mass is 423 g/mol. The molecule has 30 heavy (non-hydrogen) atoms. The number of rotatable bonds is 3. The molecule has 0 saturated carbocycles. The lowest BCUT2D eigenvalue weighted by molar-refractivity contribution is -0.140. The number of carbonyl (C=O) groups excluding carboxylic acids is 1. The SMILES string of the molecule is CN1C(=O)C(C)(C)[C@@](C)(c2cc(Nc3cncc(C(F)(F)F)c3)ccc2F)N=C1N. The molecule has 1 aliphatic heterocycles. The van der Waals surface area contributed by atoms with Crippen LogP contribution in [-0.2, 0) is 16.5 Å². The molecular formula is C20H21F4N5O. The number of amides is 1. The van der Waals surface area contributed by atoms with E-state index in [1.807, 2.05) is 0 Å². The van der Waals surface area contributed by atoms with Crippen molar-refractivity contribution in [2.75, 3.05) is 12.4 Å². The molecule has 0 radical (unpaired) electrons. The Bertz CT molecular complexity index is 1030. The lowest BCUT2D eigenvalue weighted by Gasteiger charge is -2.46. The average Bonchev–Trinajstić information content (AvgIpc) is 2.66. The van der Waals surface area contributed by atoms with Gasteiger partial charge in [0.1, 0.15) is 11.4 Å². The van der Waals surface area contributed by atoms with E-state index in [2.05, 4.69) is 15.3 Å². The molecule has 2 aromatic rings. The molecule has 1 aromatic carbocycles. The molecule has 3 N–H and O–H groups in total. The molecule has 0 unspecified atom stereocenters. The minimum atomic E-state index is -4.54. The van der Waals surface area contributed by atoms with Gasteiger partial charge in [0, 0.05) is 24.5 Å². The van der Waals surface area contributed by atoms with Crippen molar-refractivity contribution < 1.29 is 22.4 Å². The van der Waals surface area contributed by atoms with Crippen LogP contribution in [0.1, 0.15) is 31.9 Å². The van der Waals surface area contributed by atoms with E-state index in [1.54, 1.807) is 20.8 Å². The molecule has 1 atom stereocenters. The zero-order valence-electron chi connectivity index (χ0n) is 16.8. The highest BCUT2D eigenvalue weighted by Crippen LogP contribution is 2.47. The zero-order valence-corrected chi connectivity index (χ0v) is 16.8. The van der Waals surface area contributed by atoms with Gasteiger partial charge in [-0.3, -0.25) is 14.7 Å². The first-order chi connectivity index (χ1) is 13.8. The van der Waals surface area contributed by atoms with Crippen molar-refractivity contribution in [1.82, 2.24) is 9.88 Å². The largest absolute Gasteiger partial charge is 0.417 e. The quantitative estimate of drug-likeness (QED) is 0.731. The van der Waals surface area contributed by atoms with Gasteiger partial charge >= 0.3 is 6.18 Å². The molecule has 0 fully saturated rings. The predicted molar refractivity (Wildman–Crippen MR) is 104 cm³/mol. The number of hydrogen-bond donors (Lipinski definition) is 2. The van der Waals surface area contributed by atoms with Gasteiger partial charge in [0.15, 0.2) is 5.96 Å². The number of nitrogens with zero attached hydrogens (tertiary/aromatic N) is 3. The van der Waals surface area contributed by atoms with E-state index >= 15 is 0 Å². The number of aromatic nitrogens is 1. The first-order valence-corrected chi connectivity index (χ1v) is 9.00. The maximum Gasteiger partial charge on any atom is 0.417 e. The van der Waals surface area contributed by atoms with Gasteiger partial charge in [0.25, 0.3) is 0 Å². The Kier molecular flexibility index (Phi) is 5.00. The number of alkyl halides is 3. The minimum Gasteiger partial charge on any atom is -0.369 e. The summed E-state index contributed by atoms with van der Waals surface area (Å²) >= 11 is 0. The van der Waals surface area contributed by atoms with E-state index in [9.17, 15) is 22.4 Å². The molecule has 0 saturated heterocycles. The lowest BCUT2D eigenvalue weighted by atomic mass is 9.67. The predicted octanol–water partition coefficient (Wildman–Crippen LogP) is 4.01. The van der Waals surface area contributed by atoms with Crippen molar-refractivity contribution in [2.45, 2.75) is 32.5 Å². The standard InChI is InChI=1S/C20H21F4N5O/c1-18(2)16(30)29(4)17(25)28-19(18,3)14-8-12(5-6-15(14)21)27-13-7-11(9-26-10-13)20(22,23)24/h5-10,27H,1-4H3,(H2,25,28)/t19-/m1/s1. The smallest absolute Gasteiger partial charge is 0.369 e. The first-order valence-electron chi connectivity index (χ1n) is 9.00. The van der Waals surface area contributed by atoms with Crippen LogP contribution in [0.3, 0.4) is 0 Å². The van der Waals surface area contributed by atoms with Crippen LogP contribution in [0, 0.1) is 11.2 Å². The fraction of sp³-hybridized carbons (Fsp3) is 0.350. The Balaban J connectivity index is 2.06. The molecule has 1 amide bonds.